The van der Waals surface area contributed by atoms with Crippen LogP contribution in [0, 0.1) is 0 Å². The molecule has 2 aromatic rings. The number of nitrogens with two attached hydrogens (primary N) is 1. The third-order valence-corrected chi connectivity index (χ3v) is 3.05. The van der Waals surface area contributed by atoms with Crippen LogP contribution in [0.15, 0.2) is 41.3 Å². The van der Waals surface area contributed by atoms with E-state index in [0.29, 0.717) is 13.2 Å². The molecule has 0 aliphatic rings. The lowest BCUT2D eigenvalue weighted by Crippen LogP contribution is -2.06. The minimum absolute atomic E-state index is 0.625. The summed E-state index contributed by atoms with van der Waals surface area (Å²) >= 11 is 3.39. The van der Waals surface area contributed by atoms with Gasteiger partial charge in [-0.3, -0.25) is 0 Å². The highest BCUT2D eigenvalue weighted by Gasteiger charge is 1.98. The average molecular weight is 310 g/mol. The molecule has 0 amide bonds. The smallest absolute Gasteiger partial charge is 0.119 e. The molecule has 0 atom stereocenters. The van der Waals surface area contributed by atoms with Gasteiger partial charge >= 0.3 is 0 Å². The zero-order chi connectivity index (χ0) is 12.8. The lowest BCUT2D eigenvalue weighted by atomic mass is 10.3. The average Bonchev–Trinajstić information content (AvgIpc) is 2.80. The van der Waals surface area contributed by atoms with Crippen LogP contribution >= 0.6 is 15.9 Å². The Morgan fingerprint density at radius 3 is 2.78 bits per heavy atom. The number of rotatable bonds is 6. The first kappa shape index (κ1) is 13.1. The van der Waals surface area contributed by atoms with Crippen LogP contribution in [0.5, 0.6) is 5.75 Å². The van der Waals surface area contributed by atoms with Crippen LogP contribution in [0.3, 0.4) is 0 Å². The van der Waals surface area contributed by atoms with Gasteiger partial charge in [-0.05, 0) is 30.8 Å². The molecular weight excluding hydrogens is 294 g/mol. The summed E-state index contributed by atoms with van der Waals surface area (Å²) in [7, 11) is 0. The molecule has 96 valence electrons. The van der Waals surface area contributed by atoms with Crippen molar-refractivity contribution in [3.63, 3.8) is 0 Å². The van der Waals surface area contributed by atoms with Crippen molar-refractivity contribution in [2.24, 2.45) is 5.73 Å². The number of imidazole rings is 1. The van der Waals surface area contributed by atoms with Crippen molar-refractivity contribution < 1.29 is 4.74 Å². The number of hydrogen-bond donors (Lipinski definition) is 1. The van der Waals surface area contributed by atoms with E-state index < -0.39 is 0 Å². The monoisotopic (exact) mass is 309 g/mol. The molecule has 2 N–H and O–H groups in total. The minimum atomic E-state index is 0.625. The Morgan fingerprint density at radius 2 is 2.06 bits per heavy atom. The first-order valence-corrected chi connectivity index (χ1v) is 6.66. The van der Waals surface area contributed by atoms with E-state index in [1.54, 1.807) is 0 Å². The van der Waals surface area contributed by atoms with Crippen LogP contribution in [-0.2, 0) is 13.0 Å². The lowest BCUT2D eigenvalue weighted by molar-refractivity contribution is 0.298. The van der Waals surface area contributed by atoms with E-state index in [0.717, 1.165) is 28.9 Å². The highest BCUT2D eigenvalue weighted by atomic mass is 79.9. The largest absolute Gasteiger partial charge is 0.492 e. The normalized spacial score (nSPS) is 10.6. The summed E-state index contributed by atoms with van der Waals surface area (Å²) in [6.07, 6.45) is 4.65. The molecule has 2 rings (SSSR count). The summed E-state index contributed by atoms with van der Waals surface area (Å²) in [6.45, 7) is 2.04. The number of benzene rings is 1. The van der Waals surface area contributed by atoms with Crippen LogP contribution in [0.4, 0.5) is 0 Å². The van der Waals surface area contributed by atoms with Crippen molar-refractivity contribution in [2.75, 3.05) is 13.2 Å². The number of halogens is 1. The molecule has 1 aromatic carbocycles. The van der Waals surface area contributed by atoms with Gasteiger partial charge < -0.3 is 15.0 Å². The molecule has 0 saturated heterocycles. The highest BCUT2D eigenvalue weighted by Crippen LogP contribution is 2.15. The van der Waals surface area contributed by atoms with Gasteiger partial charge in [-0.15, -0.1) is 0 Å². The van der Waals surface area contributed by atoms with Gasteiger partial charge in [-0.25, -0.2) is 4.98 Å². The number of ether oxygens (including phenoxy) is 1. The van der Waals surface area contributed by atoms with Crippen molar-refractivity contribution in [1.82, 2.24) is 9.55 Å². The van der Waals surface area contributed by atoms with Gasteiger partial charge in [0.25, 0.3) is 0 Å². The van der Waals surface area contributed by atoms with E-state index in [1.807, 2.05) is 41.4 Å². The summed E-state index contributed by atoms with van der Waals surface area (Å²) in [6, 6.07) is 7.81. The summed E-state index contributed by atoms with van der Waals surface area (Å²) < 4.78 is 8.71. The van der Waals surface area contributed by atoms with E-state index >= 15 is 0 Å². The second-order valence-electron chi connectivity index (χ2n) is 3.94. The molecule has 0 fully saturated rings. The third kappa shape index (κ3) is 3.85. The second-order valence-corrected chi connectivity index (χ2v) is 4.86. The van der Waals surface area contributed by atoms with Gasteiger partial charge in [0.1, 0.15) is 12.4 Å². The highest BCUT2D eigenvalue weighted by molar-refractivity contribution is 9.10. The molecule has 18 heavy (non-hydrogen) atoms. The zero-order valence-electron chi connectivity index (χ0n) is 10.1. The predicted octanol–water partition coefficient (Wildman–Crippen LogP) is 2.23. The molecule has 5 heteroatoms. The third-order valence-electron chi connectivity index (χ3n) is 2.52. The summed E-state index contributed by atoms with van der Waals surface area (Å²) in [5, 5.41) is 0. The van der Waals surface area contributed by atoms with Gasteiger partial charge in [0, 0.05) is 17.1 Å². The number of hydrogen-bond acceptors (Lipinski definition) is 3. The maximum atomic E-state index is 5.64. The van der Waals surface area contributed by atoms with E-state index in [2.05, 4.69) is 20.9 Å². The Morgan fingerprint density at radius 1 is 1.28 bits per heavy atom. The Kier molecular flexibility index (Phi) is 4.78. The topological polar surface area (TPSA) is 53.1 Å². The summed E-state index contributed by atoms with van der Waals surface area (Å²) in [5.41, 5.74) is 6.51. The Bertz CT molecular complexity index is 481. The van der Waals surface area contributed by atoms with Crippen molar-refractivity contribution in [3.8, 4) is 5.75 Å². The molecule has 0 saturated carbocycles. The fraction of sp³-hybridized carbons (Fsp3) is 0.308. The van der Waals surface area contributed by atoms with E-state index in [-0.39, 0.29) is 0 Å². The van der Waals surface area contributed by atoms with Crippen LogP contribution in [-0.4, -0.2) is 22.7 Å². The second kappa shape index (κ2) is 6.56. The maximum absolute atomic E-state index is 5.64. The first-order valence-electron chi connectivity index (χ1n) is 5.87. The fourth-order valence-corrected chi connectivity index (χ4v) is 1.87. The molecular formula is C13H16BrN3O. The Hall–Kier alpha value is -1.33. The van der Waals surface area contributed by atoms with E-state index in [9.17, 15) is 0 Å². The van der Waals surface area contributed by atoms with Crippen molar-refractivity contribution in [3.05, 3.63) is 47.0 Å². The number of aromatic nitrogens is 2. The van der Waals surface area contributed by atoms with E-state index in [4.69, 9.17) is 10.5 Å². The Labute approximate surface area is 115 Å². The molecule has 0 unspecified atom stereocenters. The molecule has 0 spiro atoms. The summed E-state index contributed by atoms with van der Waals surface area (Å²) in [4.78, 5) is 4.26. The first-order chi connectivity index (χ1) is 8.78. The molecule has 1 heterocycles. The predicted molar refractivity (Wildman–Crippen MR) is 74.6 cm³/mol. The number of nitrogens with zero attached hydrogens (tertiary/aromatic N) is 2. The van der Waals surface area contributed by atoms with Gasteiger partial charge in [-0.2, -0.15) is 0 Å². The molecule has 0 aliphatic carbocycles. The van der Waals surface area contributed by atoms with Gasteiger partial charge in [0.15, 0.2) is 0 Å². The van der Waals surface area contributed by atoms with Gasteiger partial charge in [0.05, 0.1) is 18.6 Å². The minimum Gasteiger partial charge on any atom is -0.492 e. The zero-order valence-corrected chi connectivity index (χ0v) is 11.6. The van der Waals surface area contributed by atoms with Crippen LogP contribution < -0.4 is 10.5 Å². The molecule has 0 radical (unpaired) electrons. The van der Waals surface area contributed by atoms with Crippen molar-refractivity contribution in [1.29, 1.82) is 0 Å². The molecule has 4 nitrogen and oxygen atoms in total. The molecule has 0 aliphatic heterocycles. The van der Waals surface area contributed by atoms with Gasteiger partial charge in [0.2, 0.25) is 0 Å². The SMILES string of the molecule is NCCc1cn(CCOc2ccc(Br)cc2)cn1. The quantitative estimate of drug-likeness (QED) is 0.890. The van der Waals surface area contributed by atoms with Crippen LogP contribution in [0.1, 0.15) is 5.69 Å². The van der Waals surface area contributed by atoms with Crippen molar-refractivity contribution in [2.45, 2.75) is 13.0 Å². The maximum Gasteiger partial charge on any atom is 0.119 e. The molecule has 0 bridgehead atoms. The van der Waals surface area contributed by atoms with Gasteiger partial charge in [-0.1, -0.05) is 15.9 Å². The fourth-order valence-electron chi connectivity index (χ4n) is 1.61. The van der Waals surface area contributed by atoms with Crippen LogP contribution in [0.25, 0.3) is 0 Å². The van der Waals surface area contributed by atoms with Crippen molar-refractivity contribution >= 4 is 15.9 Å². The Balaban J connectivity index is 1.79. The molecule has 1 aromatic heterocycles. The lowest BCUT2D eigenvalue weighted by Gasteiger charge is -2.06. The summed E-state index contributed by atoms with van der Waals surface area (Å²) in [5.74, 6) is 0.875. The van der Waals surface area contributed by atoms with E-state index in [1.165, 1.54) is 0 Å². The standard InChI is InChI=1S/C13H16BrN3O/c14-11-1-3-13(4-2-11)18-8-7-17-9-12(5-6-15)16-10-17/h1-4,9-10H,5-8,15H2. The van der Waals surface area contributed by atoms with Crippen LogP contribution in [0.2, 0.25) is 0 Å².